The molecule has 1 heterocycles. The highest BCUT2D eigenvalue weighted by Gasteiger charge is 2.34. The summed E-state index contributed by atoms with van der Waals surface area (Å²) < 4.78 is 51.5. The number of alkyl halides is 3. The van der Waals surface area contributed by atoms with Crippen molar-refractivity contribution in [3.8, 4) is 22.8 Å². The SMILES string of the molecule is CCc1cc(OCCCNc2nc(-c3ccc(OC)cc3)ccc2C(F)(F)F)ccc1CCC(=O)O. The minimum absolute atomic E-state index is 0.0620. The quantitative estimate of drug-likeness (QED) is 0.286. The van der Waals surface area contributed by atoms with Gasteiger partial charge in [-0.25, -0.2) is 4.98 Å². The van der Waals surface area contributed by atoms with Gasteiger partial charge in [0.1, 0.15) is 17.3 Å². The van der Waals surface area contributed by atoms with Crippen LogP contribution >= 0.6 is 0 Å². The first kappa shape index (κ1) is 26.8. The molecule has 2 N–H and O–H groups in total. The summed E-state index contributed by atoms with van der Waals surface area (Å²) in [6, 6.07) is 14.8. The van der Waals surface area contributed by atoms with Crippen molar-refractivity contribution in [1.29, 1.82) is 0 Å². The third-order valence-electron chi connectivity index (χ3n) is 5.64. The fourth-order valence-corrected chi connectivity index (χ4v) is 3.72. The first-order chi connectivity index (χ1) is 17.2. The fourth-order valence-electron chi connectivity index (χ4n) is 3.72. The number of anilines is 1. The molecule has 0 aliphatic heterocycles. The fraction of sp³-hybridized carbons (Fsp3) is 0.333. The number of nitrogens with zero attached hydrogens (tertiary/aromatic N) is 1. The number of rotatable bonds is 12. The van der Waals surface area contributed by atoms with Crippen LogP contribution in [-0.4, -0.2) is 36.3 Å². The van der Waals surface area contributed by atoms with Gasteiger partial charge in [0, 0.05) is 18.5 Å². The summed E-state index contributed by atoms with van der Waals surface area (Å²) in [6.07, 6.45) is -2.83. The van der Waals surface area contributed by atoms with Gasteiger partial charge in [0.15, 0.2) is 0 Å². The highest BCUT2D eigenvalue weighted by atomic mass is 19.4. The molecule has 0 radical (unpaired) electrons. The number of hydrogen-bond acceptors (Lipinski definition) is 5. The Morgan fingerprint density at radius 1 is 1.03 bits per heavy atom. The number of methoxy groups -OCH3 is 1. The number of pyridine rings is 1. The molecule has 0 bridgehead atoms. The molecule has 0 atom stereocenters. The Bertz CT molecular complexity index is 1160. The van der Waals surface area contributed by atoms with E-state index in [2.05, 4.69) is 10.3 Å². The Morgan fingerprint density at radius 3 is 2.39 bits per heavy atom. The van der Waals surface area contributed by atoms with Gasteiger partial charge in [0.2, 0.25) is 0 Å². The van der Waals surface area contributed by atoms with Crippen LogP contribution in [0.1, 0.15) is 36.5 Å². The van der Waals surface area contributed by atoms with Crippen molar-refractivity contribution < 1.29 is 32.5 Å². The number of nitrogens with one attached hydrogen (secondary N) is 1. The van der Waals surface area contributed by atoms with E-state index in [0.717, 1.165) is 23.6 Å². The Balaban J connectivity index is 1.61. The molecule has 192 valence electrons. The number of carboxylic acid groups (broad SMARTS) is 1. The zero-order valence-corrected chi connectivity index (χ0v) is 20.2. The normalized spacial score (nSPS) is 11.2. The molecule has 0 saturated carbocycles. The van der Waals surface area contributed by atoms with E-state index in [1.54, 1.807) is 30.3 Å². The summed E-state index contributed by atoms with van der Waals surface area (Å²) >= 11 is 0. The van der Waals surface area contributed by atoms with Crippen LogP contribution in [0, 0.1) is 0 Å². The number of carboxylic acids is 1. The maximum absolute atomic E-state index is 13.5. The van der Waals surface area contributed by atoms with E-state index < -0.39 is 17.7 Å². The van der Waals surface area contributed by atoms with Crippen LogP contribution in [0.5, 0.6) is 11.5 Å². The van der Waals surface area contributed by atoms with E-state index in [9.17, 15) is 18.0 Å². The number of hydrogen-bond donors (Lipinski definition) is 2. The molecule has 0 saturated heterocycles. The van der Waals surface area contributed by atoms with E-state index in [0.29, 0.717) is 42.2 Å². The monoisotopic (exact) mass is 502 g/mol. The third kappa shape index (κ3) is 7.37. The van der Waals surface area contributed by atoms with Gasteiger partial charge in [-0.05, 0) is 78.9 Å². The Labute approximate surface area is 208 Å². The molecule has 0 aliphatic rings. The van der Waals surface area contributed by atoms with Crippen molar-refractivity contribution in [3.63, 3.8) is 0 Å². The summed E-state index contributed by atoms with van der Waals surface area (Å²) in [5.41, 5.74) is 2.25. The number of aromatic nitrogens is 1. The second-order valence-corrected chi connectivity index (χ2v) is 8.13. The molecule has 0 aliphatic carbocycles. The van der Waals surface area contributed by atoms with Gasteiger partial charge >= 0.3 is 12.1 Å². The summed E-state index contributed by atoms with van der Waals surface area (Å²) in [4.78, 5) is 15.1. The minimum atomic E-state index is -4.54. The van der Waals surface area contributed by atoms with E-state index in [-0.39, 0.29) is 18.8 Å². The third-order valence-corrected chi connectivity index (χ3v) is 5.64. The van der Waals surface area contributed by atoms with Gasteiger partial charge in [-0.2, -0.15) is 13.2 Å². The van der Waals surface area contributed by atoms with Crippen molar-refractivity contribution in [1.82, 2.24) is 4.98 Å². The van der Waals surface area contributed by atoms with Crippen molar-refractivity contribution in [2.24, 2.45) is 0 Å². The molecule has 0 spiro atoms. The standard InChI is InChI=1S/C27H29F3N2O4/c1-3-18-17-22(11-5-19(18)8-14-25(33)34)36-16-4-15-31-26-23(27(28,29)30)12-13-24(32-26)20-6-9-21(35-2)10-7-20/h5-7,9-13,17H,3-4,8,14-16H2,1-2H3,(H,31,32)(H,33,34). The zero-order valence-electron chi connectivity index (χ0n) is 20.2. The molecular weight excluding hydrogens is 473 g/mol. The van der Waals surface area contributed by atoms with Gasteiger partial charge < -0.3 is 19.9 Å². The van der Waals surface area contributed by atoms with Gasteiger partial charge in [0.05, 0.1) is 25.0 Å². The minimum Gasteiger partial charge on any atom is -0.497 e. The molecule has 0 unspecified atom stereocenters. The molecule has 36 heavy (non-hydrogen) atoms. The van der Waals surface area contributed by atoms with Crippen molar-refractivity contribution in [3.05, 3.63) is 71.3 Å². The van der Waals surface area contributed by atoms with Crippen LogP contribution in [-0.2, 0) is 23.8 Å². The van der Waals surface area contributed by atoms with E-state index in [1.165, 1.54) is 13.2 Å². The molecular formula is C27H29F3N2O4. The highest BCUT2D eigenvalue weighted by molar-refractivity contribution is 5.67. The summed E-state index contributed by atoms with van der Waals surface area (Å²) in [7, 11) is 1.54. The average Bonchev–Trinajstić information content (AvgIpc) is 2.86. The van der Waals surface area contributed by atoms with Gasteiger partial charge in [-0.15, -0.1) is 0 Å². The lowest BCUT2D eigenvalue weighted by Gasteiger charge is -2.16. The van der Waals surface area contributed by atoms with Crippen molar-refractivity contribution in [2.75, 3.05) is 25.6 Å². The summed E-state index contributed by atoms with van der Waals surface area (Å²) in [6.45, 7) is 2.52. The number of ether oxygens (including phenoxy) is 2. The number of aryl methyl sites for hydroxylation is 2. The van der Waals surface area contributed by atoms with Crippen LogP contribution in [0.3, 0.4) is 0 Å². The largest absolute Gasteiger partial charge is 0.497 e. The molecule has 1 aromatic heterocycles. The molecule has 2 aromatic carbocycles. The molecule has 3 aromatic rings. The average molecular weight is 503 g/mol. The maximum Gasteiger partial charge on any atom is 0.419 e. The second-order valence-electron chi connectivity index (χ2n) is 8.13. The number of carbonyl (C=O) groups is 1. The number of aliphatic carboxylic acids is 1. The van der Waals surface area contributed by atoms with Gasteiger partial charge in [-0.1, -0.05) is 13.0 Å². The lowest BCUT2D eigenvalue weighted by molar-refractivity contribution is -0.138. The Hall–Kier alpha value is -3.75. The van der Waals surface area contributed by atoms with Crippen molar-refractivity contribution in [2.45, 2.75) is 38.8 Å². The predicted molar refractivity (Wildman–Crippen MR) is 132 cm³/mol. The van der Waals surface area contributed by atoms with E-state index >= 15 is 0 Å². The maximum atomic E-state index is 13.5. The highest BCUT2D eigenvalue weighted by Crippen LogP contribution is 2.35. The lowest BCUT2D eigenvalue weighted by Crippen LogP contribution is -2.15. The summed E-state index contributed by atoms with van der Waals surface area (Å²) in [5.74, 6) is 0.209. The smallest absolute Gasteiger partial charge is 0.419 e. The molecule has 9 heteroatoms. The van der Waals surface area contributed by atoms with Crippen LogP contribution < -0.4 is 14.8 Å². The number of benzene rings is 2. The second kappa shape index (κ2) is 12.3. The molecule has 3 rings (SSSR count). The van der Waals surface area contributed by atoms with Gasteiger partial charge in [0.25, 0.3) is 0 Å². The van der Waals surface area contributed by atoms with Crippen LogP contribution in [0.2, 0.25) is 0 Å². The van der Waals surface area contributed by atoms with Gasteiger partial charge in [-0.3, -0.25) is 4.79 Å². The first-order valence-corrected chi connectivity index (χ1v) is 11.6. The molecule has 0 fully saturated rings. The van der Waals surface area contributed by atoms with Crippen molar-refractivity contribution >= 4 is 11.8 Å². The van der Waals surface area contributed by atoms with E-state index in [4.69, 9.17) is 14.6 Å². The Morgan fingerprint density at radius 2 is 1.75 bits per heavy atom. The molecule has 0 amide bonds. The molecule has 6 nitrogen and oxygen atoms in total. The topological polar surface area (TPSA) is 80.7 Å². The van der Waals surface area contributed by atoms with Crippen LogP contribution in [0.4, 0.5) is 19.0 Å². The lowest BCUT2D eigenvalue weighted by atomic mass is 10.0. The van der Waals surface area contributed by atoms with Crippen LogP contribution in [0.25, 0.3) is 11.3 Å². The Kier molecular flexibility index (Phi) is 9.16. The van der Waals surface area contributed by atoms with Crippen LogP contribution in [0.15, 0.2) is 54.6 Å². The predicted octanol–water partition coefficient (Wildman–Crippen LogP) is 6.24. The first-order valence-electron chi connectivity index (χ1n) is 11.6. The van der Waals surface area contributed by atoms with E-state index in [1.807, 2.05) is 19.1 Å². The number of halogens is 3. The zero-order chi connectivity index (χ0) is 26.1. The summed E-state index contributed by atoms with van der Waals surface area (Å²) in [5, 5.41) is 11.7.